The van der Waals surface area contributed by atoms with E-state index in [2.05, 4.69) is 0 Å². The van der Waals surface area contributed by atoms with Gasteiger partial charge in [-0.15, -0.1) is 0 Å². The molecule has 1 heterocycles. The Labute approximate surface area is 167 Å². The van der Waals surface area contributed by atoms with Gasteiger partial charge < -0.3 is 14.9 Å². The fourth-order valence-corrected chi connectivity index (χ4v) is 3.33. The van der Waals surface area contributed by atoms with Gasteiger partial charge in [0.25, 0.3) is 5.91 Å². The summed E-state index contributed by atoms with van der Waals surface area (Å²) >= 11 is 0. The second-order valence-electron chi connectivity index (χ2n) is 6.48. The lowest BCUT2D eigenvalue weighted by atomic mass is 9.94. The average Bonchev–Trinajstić information content (AvgIpc) is 2.99. The van der Waals surface area contributed by atoms with Crippen molar-refractivity contribution in [2.75, 3.05) is 11.5 Å². The van der Waals surface area contributed by atoms with Gasteiger partial charge in [0.05, 0.1) is 23.8 Å². The van der Waals surface area contributed by atoms with E-state index in [0.717, 1.165) is 0 Å². The smallest absolute Gasteiger partial charge is 0.338 e. The van der Waals surface area contributed by atoms with Crippen molar-refractivity contribution < 1.29 is 29.3 Å². The Morgan fingerprint density at radius 1 is 1.07 bits per heavy atom. The van der Waals surface area contributed by atoms with Crippen molar-refractivity contribution in [1.29, 1.82) is 0 Å². The summed E-state index contributed by atoms with van der Waals surface area (Å²) in [4.78, 5) is 38.5. The molecule has 0 radical (unpaired) electrons. The zero-order chi connectivity index (χ0) is 21.1. The number of ketones is 1. The summed E-state index contributed by atoms with van der Waals surface area (Å²) in [6.07, 6.45) is 0.109. The van der Waals surface area contributed by atoms with Crippen LogP contribution in [-0.4, -0.2) is 34.5 Å². The molecule has 2 N–H and O–H groups in total. The number of carbonyl (C=O) groups is 3. The molecule has 7 heteroatoms. The second kappa shape index (κ2) is 8.18. The number of aromatic hydroxyl groups is 1. The van der Waals surface area contributed by atoms with Gasteiger partial charge in [-0.1, -0.05) is 19.1 Å². The molecule has 1 unspecified atom stereocenters. The zero-order valence-electron chi connectivity index (χ0n) is 16.1. The average molecular weight is 395 g/mol. The van der Waals surface area contributed by atoms with Gasteiger partial charge in [-0.2, -0.15) is 0 Å². The second-order valence-corrected chi connectivity index (χ2v) is 6.48. The number of phenolic OH excluding ortho intramolecular Hbond substituents is 1. The van der Waals surface area contributed by atoms with Crippen molar-refractivity contribution in [2.45, 2.75) is 26.3 Å². The molecule has 0 fully saturated rings. The topological polar surface area (TPSA) is 104 Å². The highest BCUT2D eigenvalue weighted by molar-refractivity contribution is 6.16. The third kappa shape index (κ3) is 3.71. The molecule has 2 aromatic rings. The van der Waals surface area contributed by atoms with Crippen LogP contribution >= 0.6 is 0 Å². The summed E-state index contributed by atoms with van der Waals surface area (Å²) in [5.74, 6) is -2.21. The van der Waals surface area contributed by atoms with E-state index < -0.39 is 23.7 Å². The van der Waals surface area contributed by atoms with Gasteiger partial charge in [0.15, 0.2) is 11.5 Å². The van der Waals surface area contributed by atoms with Gasteiger partial charge in [-0.05, 0) is 48.9 Å². The van der Waals surface area contributed by atoms with Crippen molar-refractivity contribution in [3.05, 3.63) is 71.0 Å². The Morgan fingerprint density at radius 3 is 2.34 bits per heavy atom. The third-order valence-corrected chi connectivity index (χ3v) is 4.67. The van der Waals surface area contributed by atoms with Gasteiger partial charge in [0.1, 0.15) is 5.75 Å². The normalized spacial score (nSPS) is 16.3. The molecule has 1 aliphatic rings. The molecular weight excluding hydrogens is 374 g/mol. The van der Waals surface area contributed by atoms with Crippen molar-refractivity contribution in [3.63, 3.8) is 0 Å². The molecule has 0 spiro atoms. The van der Waals surface area contributed by atoms with E-state index in [9.17, 15) is 24.6 Å². The standard InChI is InChI=1S/C22H21NO6/c1-3-17(25)18-19(14-6-5-7-16(24)12-14)23(21(27)20(18)26)15-10-8-13(9-11-15)22(28)29-4-2/h5-12,19,24,26H,3-4H2,1-2H3. The number of hydrogen-bond donors (Lipinski definition) is 2. The number of esters is 1. The fourth-order valence-electron chi connectivity index (χ4n) is 3.33. The monoisotopic (exact) mass is 395 g/mol. The number of anilines is 1. The number of Topliss-reactive ketones (excluding diaryl/α,β-unsaturated/α-hetero) is 1. The van der Waals surface area contributed by atoms with Crippen molar-refractivity contribution in [2.24, 2.45) is 0 Å². The molecule has 7 nitrogen and oxygen atoms in total. The van der Waals surface area contributed by atoms with Gasteiger partial charge in [-0.3, -0.25) is 14.5 Å². The van der Waals surface area contributed by atoms with Crippen LogP contribution < -0.4 is 4.90 Å². The number of rotatable bonds is 6. The van der Waals surface area contributed by atoms with E-state index in [4.69, 9.17) is 4.74 Å². The van der Waals surface area contributed by atoms with E-state index in [-0.39, 0.29) is 30.1 Å². The van der Waals surface area contributed by atoms with Crippen molar-refractivity contribution in [3.8, 4) is 5.75 Å². The van der Waals surface area contributed by atoms with Crippen molar-refractivity contribution in [1.82, 2.24) is 0 Å². The Balaban J connectivity index is 2.08. The molecule has 0 bridgehead atoms. The van der Waals surface area contributed by atoms with Crippen molar-refractivity contribution >= 4 is 23.3 Å². The van der Waals surface area contributed by atoms with Crippen LogP contribution in [0.5, 0.6) is 5.75 Å². The molecule has 3 rings (SSSR count). The number of nitrogens with zero attached hydrogens (tertiary/aromatic N) is 1. The van der Waals surface area contributed by atoms with E-state index in [1.807, 2.05) is 0 Å². The highest BCUT2D eigenvalue weighted by Gasteiger charge is 2.43. The van der Waals surface area contributed by atoms with Crippen LogP contribution in [0.2, 0.25) is 0 Å². The van der Waals surface area contributed by atoms with Gasteiger partial charge in [0.2, 0.25) is 0 Å². The number of aliphatic hydroxyl groups excluding tert-OH is 1. The summed E-state index contributed by atoms with van der Waals surface area (Å²) < 4.78 is 4.96. The first-order valence-corrected chi connectivity index (χ1v) is 9.25. The Morgan fingerprint density at radius 2 is 1.76 bits per heavy atom. The molecule has 1 amide bonds. The predicted octanol–water partition coefficient (Wildman–Crippen LogP) is 3.45. The van der Waals surface area contributed by atoms with Crippen LogP contribution in [0.15, 0.2) is 59.9 Å². The Hall–Kier alpha value is -3.61. The number of ether oxygens (including phenoxy) is 1. The maximum absolute atomic E-state index is 12.8. The van der Waals surface area contributed by atoms with Crippen LogP contribution in [0.1, 0.15) is 42.2 Å². The lowest BCUT2D eigenvalue weighted by Gasteiger charge is -2.27. The third-order valence-electron chi connectivity index (χ3n) is 4.67. The summed E-state index contributed by atoms with van der Waals surface area (Å²) in [6, 6.07) is 11.4. The molecule has 0 aliphatic carbocycles. The number of carbonyl (C=O) groups excluding carboxylic acids is 3. The highest BCUT2D eigenvalue weighted by Crippen LogP contribution is 2.41. The van der Waals surface area contributed by atoms with Crippen LogP contribution in [0, 0.1) is 0 Å². The molecule has 1 atom stereocenters. The Bertz CT molecular complexity index is 993. The SMILES string of the molecule is CCOC(=O)c1ccc(N2C(=O)C(O)=C(C(=O)CC)C2c2cccc(O)c2)cc1. The maximum atomic E-state index is 12.8. The van der Waals surface area contributed by atoms with Crippen LogP contribution in [0.3, 0.4) is 0 Å². The molecule has 0 saturated carbocycles. The van der Waals surface area contributed by atoms with E-state index >= 15 is 0 Å². The molecule has 0 aromatic heterocycles. The van der Waals surface area contributed by atoms with E-state index in [1.54, 1.807) is 38.1 Å². The molecule has 2 aromatic carbocycles. The van der Waals surface area contributed by atoms with E-state index in [1.165, 1.54) is 29.2 Å². The minimum atomic E-state index is -0.893. The van der Waals surface area contributed by atoms with Gasteiger partial charge >= 0.3 is 5.97 Å². The van der Waals surface area contributed by atoms with Gasteiger partial charge in [0, 0.05) is 12.1 Å². The number of aliphatic hydroxyl groups is 1. The van der Waals surface area contributed by atoms with Crippen LogP contribution in [-0.2, 0) is 14.3 Å². The predicted molar refractivity (Wildman–Crippen MR) is 106 cm³/mol. The highest BCUT2D eigenvalue weighted by atomic mass is 16.5. The van der Waals surface area contributed by atoms with Crippen LogP contribution in [0.4, 0.5) is 5.69 Å². The molecule has 150 valence electrons. The maximum Gasteiger partial charge on any atom is 0.338 e. The molecular formula is C22H21NO6. The first kappa shape index (κ1) is 20.1. The summed E-state index contributed by atoms with van der Waals surface area (Å²) in [6.45, 7) is 3.59. The van der Waals surface area contributed by atoms with Gasteiger partial charge in [-0.25, -0.2) is 4.79 Å². The molecule has 1 aliphatic heterocycles. The number of hydrogen-bond acceptors (Lipinski definition) is 6. The summed E-state index contributed by atoms with van der Waals surface area (Å²) in [5.41, 5.74) is 1.17. The minimum Gasteiger partial charge on any atom is -0.508 e. The lowest BCUT2D eigenvalue weighted by Crippen LogP contribution is -2.31. The first-order chi connectivity index (χ1) is 13.9. The molecule has 29 heavy (non-hydrogen) atoms. The fraction of sp³-hybridized carbons (Fsp3) is 0.227. The van der Waals surface area contributed by atoms with Crippen LogP contribution in [0.25, 0.3) is 0 Å². The minimum absolute atomic E-state index is 0.0161. The lowest BCUT2D eigenvalue weighted by molar-refractivity contribution is -0.118. The summed E-state index contributed by atoms with van der Waals surface area (Å²) in [5, 5.41) is 20.3. The quantitative estimate of drug-likeness (QED) is 0.726. The molecule has 0 saturated heterocycles. The number of benzene rings is 2. The zero-order valence-corrected chi connectivity index (χ0v) is 16.1. The largest absolute Gasteiger partial charge is 0.508 e. The van der Waals surface area contributed by atoms with E-state index in [0.29, 0.717) is 16.8 Å². The summed E-state index contributed by atoms with van der Waals surface area (Å²) in [7, 11) is 0. The first-order valence-electron chi connectivity index (χ1n) is 9.25. The number of phenols is 1. The number of amides is 1. The Kier molecular flexibility index (Phi) is 5.68.